The first-order chi connectivity index (χ1) is 12.4. The summed E-state index contributed by atoms with van der Waals surface area (Å²) in [5, 5.41) is 25.0. The van der Waals surface area contributed by atoms with Gasteiger partial charge in [0.25, 0.3) is 11.6 Å². The predicted molar refractivity (Wildman–Crippen MR) is 91.2 cm³/mol. The Labute approximate surface area is 149 Å². The number of methoxy groups -OCH3 is 1. The highest BCUT2D eigenvalue weighted by Crippen LogP contribution is 2.29. The second kappa shape index (κ2) is 10.3. The number of rotatable bonds is 9. The number of hydrogen-bond acceptors (Lipinski definition) is 8. The smallest absolute Gasteiger partial charge is 0.307 e. The van der Waals surface area contributed by atoms with Crippen molar-refractivity contribution >= 4 is 23.3 Å². The van der Waals surface area contributed by atoms with Crippen LogP contribution >= 0.6 is 0 Å². The third-order valence-corrected chi connectivity index (χ3v) is 3.03. The number of nitro benzene ring substituents is 1. The van der Waals surface area contributed by atoms with Crippen LogP contribution in [0.25, 0.3) is 0 Å². The first kappa shape index (κ1) is 20.4. The number of non-ortho nitro benzene ring substituents is 1. The topological polar surface area (TPSA) is 144 Å². The number of amides is 1. The summed E-state index contributed by atoms with van der Waals surface area (Å²) in [6.07, 6.45) is 1.26. The number of nitriles is 1. The van der Waals surface area contributed by atoms with E-state index in [9.17, 15) is 19.7 Å². The van der Waals surface area contributed by atoms with Crippen molar-refractivity contribution in [1.29, 1.82) is 5.26 Å². The normalized spacial score (nSPS) is 10.4. The van der Waals surface area contributed by atoms with Crippen molar-refractivity contribution in [3.63, 3.8) is 0 Å². The first-order valence-corrected chi connectivity index (χ1v) is 7.56. The van der Waals surface area contributed by atoms with Gasteiger partial charge in [-0.25, -0.2) is 0 Å². The molecule has 1 amide bonds. The lowest BCUT2D eigenvalue weighted by molar-refractivity contribution is -0.384. The molecule has 138 valence electrons. The van der Waals surface area contributed by atoms with Crippen LogP contribution in [0.5, 0.6) is 5.75 Å². The molecule has 10 heteroatoms. The SMILES string of the molecule is CCOC(=O)CCN/C=C(/C#N)C(=O)Nc1ccc([N+](=O)[O-])cc1OC. The standard InChI is InChI=1S/C16H18N4O6/c1-3-26-15(21)6-7-18-10-11(9-17)16(22)19-13-5-4-12(20(23)24)8-14(13)25-2/h4-5,8,10,18H,3,6-7H2,1-2H3,(H,19,22)/b11-10-. The molecule has 1 aromatic rings. The maximum atomic E-state index is 12.1. The average molecular weight is 362 g/mol. The van der Waals surface area contributed by atoms with E-state index in [0.717, 1.165) is 6.07 Å². The Kier molecular flexibility index (Phi) is 8.09. The molecule has 1 aromatic carbocycles. The highest BCUT2D eigenvalue weighted by Gasteiger charge is 2.15. The maximum Gasteiger partial charge on any atom is 0.307 e. The third kappa shape index (κ3) is 6.12. The van der Waals surface area contributed by atoms with Gasteiger partial charge in [0.05, 0.1) is 36.8 Å². The highest BCUT2D eigenvalue weighted by atomic mass is 16.6. The largest absolute Gasteiger partial charge is 0.494 e. The Bertz CT molecular complexity index is 754. The van der Waals surface area contributed by atoms with Gasteiger partial charge >= 0.3 is 5.97 Å². The first-order valence-electron chi connectivity index (χ1n) is 7.56. The van der Waals surface area contributed by atoms with Crippen molar-refractivity contribution in [2.24, 2.45) is 0 Å². The van der Waals surface area contributed by atoms with E-state index >= 15 is 0 Å². The van der Waals surface area contributed by atoms with Crippen molar-refractivity contribution in [3.05, 3.63) is 40.1 Å². The van der Waals surface area contributed by atoms with E-state index in [0.29, 0.717) is 0 Å². The Balaban J connectivity index is 2.75. The second-order valence-electron chi connectivity index (χ2n) is 4.77. The number of nitrogens with one attached hydrogen (secondary N) is 2. The Hall–Kier alpha value is -3.61. The molecule has 26 heavy (non-hydrogen) atoms. The van der Waals surface area contributed by atoms with Crippen LogP contribution in [-0.4, -0.2) is 37.1 Å². The van der Waals surface area contributed by atoms with Gasteiger partial charge in [-0.2, -0.15) is 5.26 Å². The summed E-state index contributed by atoms with van der Waals surface area (Å²) >= 11 is 0. The van der Waals surface area contributed by atoms with Crippen LogP contribution in [0.2, 0.25) is 0 Å². The van der Waals surface area contributed by atoms with Crippen LogP contribution in [0.3, 0.4) is 0 Å². The molecule has 0 saturated heterocycles. The lowest BCUT2D eigenvalue weighted by Gasteiger charge is -2.09. The van der Waals surface area contributed by atoms with Crippen LogP contribution in [0.4, 0.5) is 11.4 Å². The molecule has 0 aliphatic heterocycles. The zero-order chi connectivity index (χ0) is 19.5. The number of nitro groups is 1. The quantitative estimate of drug-likeness (QED) is 0.168. The molecule has 1 rings (SSSR count). The van der Waals surface area contributed by atoms with Gasteiger partial charge in [0.1, 0.15) is 17.4 Å². The predicted octanol–water partition coefficient (Wildman–Crippen LogP) is 1.49. The van der Waals surface area contributed by atoms with Crippen molar-refractivity contribution in [3.8, 4) is 11.8 Å². The van der Waals surface area contributed by atoms with Crippen LogP contribution in [0.15, 0.2) is 30.0 Å². The van der Waals surface area contributed by atoms with Crippen molar-refractivity contribution < 1.29 is 24.0 Å². The van der Waals surface area contributed by atoms with E-state index in [2.05, 4.69) is 10.6 Å². The minimum Gasteiger partial charge on any atom is -0.494 e. The van der Waals surface area contributed by atoms with Gasteiger partial charge in [0, 0.05) is 18.8 Å². The molecule has 0 atom stereocenters. The molecule has 2 N–H and O–H groups in total. The van der Waals surface area contributed by atoms with E-state index in [1.54, 1.807) is 13.0 Å². The monoisotopic (exact) mass is 362 g/mol. The second-order valence-corrected chi connectivity index (χ2v) is 4.77. The van der Waals surface area contributed by atoms with Gasteiger partial charge in [-0.3, -0.25) is 19.7 Å². The van der Waals surface area contributed by atoms with Gasteiger partial charge in [0.15, 0.2) is 0 Å². The van der Waals surface area contributed by atoms with Gasteiger partial charge < -0.3 is 20.1 Å². The molecule has 0 saturated carbocycles. The number of esters is 1. The fourth-order valence-electron chi connectivity index (χ4n) is 1.82. The van der Waals surface area contributed by atoms with Gasteiger partial charge in [-0.1, -0.05) is 0 Å². The van der Waals surface area contributed by atoms with Crippen LogP contribution in [0.1, 0.15) is 13.3 Å². The van der Waals surface area contributed by atoms with Crippen LogP contribution in [-0.2, 0) is 14.3 Å². The number of carbonyl (C=O) groups excluding carboxylic acids is 2. The van der Waals surface area contributed by atoms with Crippen molar-refractivity contribution in [2.75, 3.05) is 25.6 Å². The lowest BCUT2D eigenvalue weighted by Crippen LogP contribution is -2.19. The molecular formula is C16H18N4O6. The zero-order valence-corrected chi connectivity index (χ0v) is 14.3. The summed E-state index contributed by atoms with van der Waals surface area (Å²) in [6.45, 7) is 2.16. The summed E-state index contributed by atoms with van der Waals surface area (Å²) in [7, 11) is 1.30. The molecule has 0 radical (unpaired) electrons. The average Bonchev–Trinajstić information content (AvgIpc) is 2.62. The number of nitrogens with zero attached hydrogens (tertiary/aromatic N) is 2. The third-order valence-electron chi connectivity index (χ3n) is 3.03. The van der Waals surface area contributed by atoms with Gasteiger partial charge in [-0.05, 0) is 13.0 Å². The molecule has 0 aliphatic rings. The molecule has 0 bridgehead atoms. The molecule has 10 nitrogen and oxygen atoms in total. The fourth-order valence-corrected chi connectivity index (χ4v) is 1.82. The minimum absolute atomic E-state index is 0.0834. The van der Waals surface area contributed by atoms with Crippen molar-refractivity contribution in [2.45, 2.75) is 13.3 Å². The molecule has 0 aliphatic carbocycles. The summed E-state index contributed by atoms with van der Waals surface area (Å²) in [5.41, 5.74) is -0.262. The van der Waals surface area contributed by atoms with E-state index in [1.807, 2.05) is 0 Å². The molecule has 0 heterocycles. The summed E-state index contributed by atoms with van der Waals surface area (Å²) in [6, 6.07) is 5.38. The minimum atomic E-state index is -0.733. The highest BCUT2D eigenvalue weighted by molar-refractivity contribution is 6.07. The van der Waals surface area contributed by atoms with E-state index in [-0.39, 0.29) is 42.3 Å². The van der Waals surface area contributed by atoms with Crippen LogP contribution in [0, 0.1) is 21.4 Å². The number of ether oxygens (including phenoxy) is 2. The lowest BCUT2D eigenvalue weighted by atomic mass is 10.2. The van der Waals surface area contributed by atoms with E-state index < -0.39 is 16.8 Å². The Morgan fingerprint density at radius 1 is 1.42 bits per heavy atom. The number of benzene rings is 1. The molecule has 0 spiro atoms. The van der Waals surface area contributed by atoms with Gasteiger partial charge in [0.2, 0.25) is 0 Å². The van der Waals surface area contributed by atoms with Crippen molar-refractivity contribution in [1.82, 2.24) is 5.32 Å². The molecule has 0 fully saturated rings. The van der Waals surface area contributed by atoms with E-state index in [4.69, 9.17) is 14.7 Å². The van der Waals surface area contributed by atoms with E-state index in [1.165, 1.54) is 25.4 Å². The number of anilines is 1. The summed E-state index contributed by atoms with van der Waals surface area (Å²) in [5.74, 6) is -1.05. The Morgan fingerprint density at radius 2 is 2.15 bits per heavy atom. The fraction of sp³-hybridized carbons (Fsp3) is 0.312. The van der Waals surface area contributed by atoms with Gasteiger partial charge in [-0.15, -0.1) is 0 Å². The Morgan fingerprint density at radius 3 is 2.73 bits per heavy atom. The number of carbonyl (C=O) groups is 2. The summed E-state index contributed by atoms with van der Waals surface area (Å²) in [4.78, 5) is 33.5. The molecular weight excluding hydrogens is 344 g/mol. The zero-order valence-electron chi connectivity index (χ0n) is 14.3. The molecule has 0 aromatic heterocycles. The molecule has 0 unspecified atom stereocenters. The maximum absolute atomic E-state index is 12.1. The van der Waals surface area contributed by atoms with Crippen LogP contribution < -0.4 is 15.4 Å². The number of hydrogen-bond donors (Lipinski definition) is 2. The summed E-state index contributed by atoms with van der Waals surface area (Å²) < 4.78 is 9.76.